The Balaban J connectivity index is 0.000000290. The van der Waals surface area contributed by atoms with Gasteiger partial charge in [-0.25, -0.2) is 4.79 Å². The molecule has 4 heterocycles. The summed E-state index contributed by atoms with van der Waals surface area (Å²) in [5.41, 5.74) is 4.08. The molecule has 1 unspecified atom stereocenters. The van der Waals surface area contributed by atoms with Crippen LogP contribution in [0.3, 0.4) is 0 Å². The molecule has 0 amide bonds. The van der Waals surface area contributed by atoms with E-state index in [1.165, 1.54) is 21.3 Å². The van der Waals surface area contributed by atoms with Crippen molar-refractivity contribution >= 4 is 40.6 Å². The Morgan fingerprint density at radius 1 is 0.796 bits per heavy atom. The van der Waals surface area contributed by atoms with Crippen LogP contribution in [0.5, 0.6) is 40.2 Å². The fraction of sp³-hybridized carbons (Fsp3) is 0.200. The van der Waals surface area contributed by atoms with Gasteiger partial charge in [0.1, 0.15) is 17.3 Å². The Kier molecular flexibility index (Phi) is 8.40. The second kappa shape index (κ2) is 13.0. The van der Waals surface area contributed by atoms with E-state index in [4.69, 9.17) is 37.9 Å². The van der Waals surface area contributed by atoms with Crippen molar-refractivity contribution < 1.29 is 52.6 Å². The Bertz CT molecular complexity index is 2100. The van der Waals surface area contributed by atoms with Crippen LogP contribution in [0.15, 0.2) is 72.3 Å². The number of cyclic esters (lactones) is 1. The maximum Gasteiger partial charge on any atom is 0.342 e. The van der Waals surface area contributed by atoms with Crippen molar-refractivity contribution in [3.8, 4) is 40.2 Å². The lowest BCUT2D eigenvalue weighted by Gasteiger charge is -2.27. The van der Waals surface area contributed by atoms with E-state index in [0.717, 1.165) is 23.6 Å². The topological polar surface area (TPSA) is 154 Å². The van der Waals surface area contributed by atoms with Gasteiger partial charge in [0.05, 0.1) is 38.6 Å². The van der Waals surface area contributed by atoms with Gasteiger partial charge in [0.25, 0.3) is 5.79 Å². The van der Waals surface area contributed by atoms with Crippen molar-refractivity contribution in [3.63, 3.8) is 0 Å². The van der Waals surface area contributed by atoms with Crippen molar-refractivity contribution in [2.24, 2.45) is 0 Å². The maximum absolute atomic E-state index is 13.5. The van der Waals surface area contributed by atoms with Gasteiger partial charge >= 0.3 is 5.97 Å². The van der Waals surface area contributed by atoms with Crippen LogP contribution in [0.1, 0.15) is 27.0 Å². The Morgan fingerprint density at radius 2 is 1.45 bits per heavy atom. The van der Waals surface area contributed by atoms with Crippen LogP contribution in [-0.2, 0) is 21.7 Å². The minimum Gasteiger partial charge on any atom is -0.493 e. The molecular weight excluding hydrogens is 656 g/mol. The molecule has 8 rings (SSSR count). The summed E-state index contributed by atoms with van der Waals surface area (Å²) >= 11 is 1.08. The van der Waals surface area contributed by atoms with Crippen molar-refractivity contribution in [2.75, 3.05) is 34.9 Å². The molecular formula is C35H28N2O11S. The minimum absolute atomic E-state index is 0.130. The lowest BCUT2D eigenvalue weighted by molar-refractivity contribution is -0.185. The van der Waals surface area contributed by atoms with Crippen molar-refractivity contribution in [1.82, 2.24) is 8.75 Å². The van der Waals surface area contributed by atoms with Crippen LogP contribution in [0.2, 0.25) is 0 Å². The molecule has 0 fully saturated rings. The molecule has 3 aliphatic heterocycles. The van der Waals surface area contributed by atoms with Crippen molar-refractivity contribution in [3.05, 3.63) is 94.6 Å². The number of benzene rings is 4. The molecule has 0 radical (unpaired) electrons. The Morgan fingerprint density at radius 3 is 2.12 bits per heavy atom. The Hall–Kier alpha value is -5.86. The molecule has 0 saturated carbocycles. The number of fused-ring (bicyclic) bond motifs is 3. The lowest BCUT2D eigenvalue weighted by atomic mass is 9.87. The van der Waals surface area contributed by atoms with E-state index in [-0.39, 0.29) is 31.1 Å². The third-order valence-corrected chi connectivity index (χ3v) is 8.66. The third-order valence-electron chi connectivity index (χ3n) is 8.10. The summed E-state index contributed by atoms with van der Waals surface area (Å²) in [5.74, 6) is 0.697. The van der Waals surface area contributed by atoms with Gasteiger partial charge in [0.15, 0.2) is 34.5 Å². The van der Waals surface area contributed by atoms with Gasteiger partial charge in [-0.2, -0.15) is 8.75 Å². The van der Waals surface area contributed by atoms with Gasteiger partial charge in [-0.15, -0.1) is 0 Å². The molecule has 49 heavy (non-hydrogen) atoms. The summed E-state index contributed by atoms with van der Waals surface area (Å²) in [5, 5.41) is 12.1. The number of hydrogen-bond acceptors (Lipinski definition) is 14. The maximum atomic E-state index is 13.5. The number of ether oxygens (including phenoxy) is 8. The SMILES string of the molecule is COc1cc(C2(O)OC(=O)C(c3ccc4nsnc4c3)=C2Cc2ccc3c(c2)OCO3)cc(OC)c1OC.O=Cc1ccc2c(c1)OCO2. The van der Waals surface area contributed by atoms with Crippen LogP contribution >= 0.6 is 11.7 Å². The molecule has 13 nitrogen and oxygen atoms in total. The molecule has 0 spiro atoms. The highest BCUT2D eigenvalue weighted by Gasteiger charge is 2.49. The number of rotatable bonds is 8. The number of aliphatic hydroxyl groups is 1. The first-order valence-corrected chi connectivity index (χ1v) is 15.5. The number of carbonyl (C=O) groups excluding carboxylic acids is 2. The van der Waals surface area contributed by atoms with E-state index in [0.29, 0.717) is 68.0 Å². The van der Waals surface area contributed by atoms with Gasteiger partial charge in [-0.1, -0.05) is 12.1 Å². The average Bonchev–Trinajstić information content (AvgIpc) is 3.94. The van der Waals surface area contributed by atoms with Gasteiger partial charge in [0, 0.05) is 23.1 Å². The lowest BCUT2D eigenvalue weighted by Crippen LogP contribution is -2.30. The average molecular weight is 685 g/mol. The number of carbonyl (C=O) groups is 2. The van der Waals surface area contributed by atoms with E-state index < -0.39 is 11.8 Å². The van der Waals surface area contributed by atoms with E-state index >= 15 is 0 Å². The molecule has 0 bridgehead atoms. The number of nitrogens with zero attached hydrogens (tertiary/aromatic N) is 2. The molecule has 5 aromatic rings. The molecule has 1 N–H and O–H groups in total. The summed E-state index contributed by atoms with van der Waals surface area (Å²) in [6.45, 7) is 0.378. The third kappa shape index (κ3) is 5.81. The number of hydrogen-bond donors (Lipinski definition) is 1. The highest BCUT2D eigenvalue weighted by Crippen LogP contribution is 2.49. The smallest absolute Gasteiger partial charge is 0.342 e. The Labute approximate surface area is 283 Å². The van der Waals surface area contributed by atoms with E-state index in [9.17, 15) is 14.7 Å². The number of aldehydes is 1. The standard InChI is InChI=1S/C27H22N2O8S.C8H6O3/c1-32-22-11-16(12-23(33-2)25(22)34-3)27(31)17(8-14-4-7-20-21(9-14)36-13-35-20)24(26(30)37-27)15-5-6-18-19(10-15)29-38-28-18;9-4-6-1-2-7-8(3-6)11-5-10-7/h4-7,9-12,31H,8,13H2,1-3H3;1-4H,5H2. The van der Waals surface area contributed by atoms with Gasteiger partial charge in [0.2, 0.25) is 19.3 Å². The van der Waals surface area contributed by atoms with Crippen LogP contribution < -0.4 is 33.2 Å². The summed E-state index contributed by atoms with van der Waals surface area (Å²) in [6.07, 6.45) is 0.945. The number of methoxy groups -OCH3 is 3. The summed E-state index contributed by atoms with van der Waals surface area (Å²) < 4.78 is 51.8. The first kappa shape index (κ1) is 31.7. The van der Waals surface area contributed by atoms with E-state index in [2.05, 4.69) is 8.75 Å². The van der Waals surface area contributed by atoms with Crippen molar-refractivity contribution in [2.45, 2.75) is 12.2 Å². The van der Waals surface area contributed by atoms with Crippen LogP contribution in [-0.4, -0.2) is 61.0 Å². The zero-order valence-electron chi connectivity index (χ0n) is 26.4. The second-order valence-electron chi connectivity index (χ2n) is 10.9. The quantitative estimate of drug-likeness (QED) is 0.171. The molecule has 0 saturated heterocycles. The number of esters is 1. The molecule has 250 valence electrons. The molecule has 1 aromatic heterocycles. The highest BCUT2D eigenvalue weighted by molar-refractivity contribution is 7.00. The predicted molar refractivity (Wildman–Crippen MR) is 175 cm³/mol. The van der Waals surface area contributed by atoms with Crippen LogP contribution in [0.4, 0.5) is 0 Å². The predicted octanol–water partition coefficient (Wildman–Crippen LogP) is 5.07. The molecule has 14 heteroatoms. The highest BCUT2D eigenvalue weighted by atomic mass is 32.1. The fourth-order valence-electron chi connectivity index (χ4n) is 5.73. The number of aromatic nitrogens is 2. The molecule has 4 aromatic carbocycles. The summed E-state index contributed by atoms with van der Waals surface area (Å²) in [4.78, 5) is 23.8. The monoisotopic (exact) mass is 684 g/mol. The van der Waals surface area contributed by atoms with Crippen LogP contribution in [0, 0.1) is 0 Å². The zero-order chi connectivity index (χ0) is 34.1. The summed E-state index contributed by atoms with van der Waals surface area (Å²) in [6, 6.07) is 19.0. The molecule has 0 aliphatic carbocycles. The van der Waals surface area contributed by atoms with Crippen LogP contribution in [0.25, 0.3) is 16.6 Å². The second-order valence-corrected chi connectivity index (χ2v) is 11.4. The zero-order valence-corrected chi connectivity index (χ0v) is 27.2. The largest absolute Gasteiger partial charge is 0.493 e. The van der Waals surface area contributed by atoms with Crippen molar-refractivity contribution in [1.29, 1.82) is 0 Å². The first-order chi connectivity index (χ1) is 23.8. The van der Waals surface area contributed by atoms with E-state index in [1.807, 2.05) is 12.1 Å². The first-order valence-electron chi connectivity index (χ1n) is 14.8. The summed E-state index contributed by atoms with van der Waals surface area (Å²) in [7, 11) is 4.42. The molecule has 1 atom stereocenters. The fourth-order valence-corrected chi connectivity index (χ4v) is 6.25. The normalized spacial score (nSPS) is 17.0. The van der Waals surface area contributed by atoms with Gasteiger partial charge < -0.3 is 43.0 Å². The van der Waals surface area contributed by atoms with E-state index in [1.54, 1.807) is 54.6 Å². The van der Waals surface area contributed by atoms with Gasteiger partial charge in [-0.3, -0.25) is 4.79 Å². The molecule has 3 aliphatic rings. The van der Waals surface area contributed by atoms with Gasteiger partial charge in [-0.05, 0) is 65.7 Å². The minimum atomic E-state index is -2.13.